The molecule has 0 saturated carbocycles. The molecule has 0 fully saturated rings. The zero-order chi connectivity index (χ0) is 14.0. The molecule has 2 rings (SSSR count). The van der Waals surface area contributed by atoms with E-state index in [2.05, 4.69) is 15.0 Å². The Kier molecular flexibility index (Phi) is 3.23. The topological polar surface area (TPSA) is 100 Å². The highest BCUT2D eigenvalue weighted by Gasteiger charge is 2.17. The predicted octanol–water partition coefficient (Wildman–Crippen LogP) is 1.27. The Morgan fingerprint density at radius 1 is 1.37 bits per heavy atom. The third kappa shape index (κ3) is 2.28. The third-order valence-corrected chi connectivity index (χ3v) is 2.58. The average Bonchev–Trinajstić information content (AvgIpc) is 2.80. The Morgan fingerprint density at radius 3 is 2.53 bits per heavy atom. The maximum Gasteiger partial charge on any atom is 0.360 e. The number of nitrogens with zero attached hydrogens (tertiary/aromatic N) is 4. The molecule has 0 saturated heterocycles. The van der Waals surface area contributed by atoms with Gasteiger partial charge in [-0.1, -0.05) is 5.21 Å². The van der Waals surface area contributed by atoms with Crippen molar-refractivity contribution in [1.82, 2.24) is 15.0 Å². The number of nitro benzene ring substituents is 1. The van der Waals surface area contributed by atoms with Crippen molar-refractivity contribution >= 4 is 11.7 Å². The molecule has 0 bridgehead atoms. The summed E-state index contributed by atoms with van der Waals surface area (Å²) < 4.78 is 5.99. The van der Waals surface area contributed by atoms with E-state index in [1.807, 2.05) is 0 Å². The van der Waals surface area contributed by atoms with Crippen LogP contribution in [-0.4, -0.2) is 33.0 Å². The lowest BCUT2D eigenvalue weighted by atomic mass is 10.2. The summed E-state index contributed by atoms with van der Waals surface area (Å²) in [6, 6.07) is 5.77. The number of benzene rings is 1. The van der Waals surface area contributed by atoms with Gasteiger partial charge in [0.15, 0.2) is 5.69 Å². The summed E-state index contributed by atoms with van der Waals surface area (Å²) in [5.41, 5.74) is 1.17. The van der Waals surface area contributed by atoms with Gasteiger partial charge in [-0.15, -0.1) is 5.10 Å². The number of esters is 1. The van der Waals surface area contributed by atoms with Crippen molar-refractivity contribution < 1.29 is 14.5 Å². The van der Waals surface area contributed by atoms with Gasteiger partial charge in [0.2, 0.25) is 0 Å². The van der Waals surface area contributed by atoms with Gasteiger partial charge in [0.25, 0.3) is 5.69 Å². The second-order valence-corrected chi connectivity index (χ2v) is 3.70. The van der Waals surface area contributed by atoms with Crippen LogP contribution in [0.2, 0.25) is 0 Å². The molecule has 0 atom stereocenters. The highest BCUT2D eigenvalue weighted by Crippen LogP contribution is 2.17. The second-order valence-electron chi connectivity index (χ2n) is 3.70. The van der Waals surface area contributed by atoms with E-state index in [0.717, 1.165) is 0 Å². The van der Waals surface area contributed by atoms with E-state index in [1.54, 1.807) is 6.92 Å². The molecule has 0 radical (unpaired) electrons. The number of aromatic nitrogens is 3. The number of non-ortho nitro benzene ring substituents is 1. The van der Waals surface area contributed by atoms with Crippen molar-refractivity contribution in [3.8, 4) is 5.69 Å². The second kappa shape index (κ2) is 4.84. The third-order valence-electron chi connectivity index (χ3n) is 2.58. The fourth-order valence-corrected chi connectivity index (χ4v) is 1.58. The SMILES string of the molecule is COC(=O)c1nnn(-c2ccc([N+](=O)[O-])cc2)c1C. The van der Waals surface area contributed by atoms with E-state index in [4.69, 9.17) is 0 Å². The number of nitro groups is 1. The van der Waals surface area contributed by atoms with Gasteiger partial charge < -0.3 is 4.74 Å². The smallest absolute Gasteiger partial charge is 0.360 e. The van der Waals surface area contributed by atoms with E-state index in [9.17, 15) is 14.9 Å². The minimum absolute atomic E-state index is 0.0188. The van der Waals surface area contributed by atoms with E-state index in [1.165, 1.54) is 36.1 Å². The van der Waals surface area contributed by atoms with Crippen LogP contribution in [0.1, 0.15) is 16.2 Å². The first-order valence-corrected chi connectivity index (χ1v) is 5.30. The number of methoxy groups -OCH3 is 1. The van der Waals surface area contributed by atoms with E-state index in [-0.39, 0.29) is 11.4 Å². The summed E-state index contributed by atoms with van der Waals surface area (Å²) in [6.45, 7) is 1.66. The number of hydrogen-bond donors (Lipinski definition) is 0. The minimum Gasteiger partial charge on any atom is -0.464 e. The van der Waals surface area contributed by atoms with Gasteiger partial charge in [0.1, 0.15) is 0 Å². The number of carbonyl (C=O) groups is 1. The maximum absolute atomic E-state index is 11.4. The first-order valence-electron chi connectivity index (χ1n) is 5.30. The summed E-state index contributed by atoms with van der Waals surface area (Å²) >= 11 is 0. The van der Waals surface area contributed by atoms with Crippen molar-refractivity contribution in [3.63, 3.8) is 0 Å². The van der Waals surface area contributed by atoms with Gasteiger partial charge in [-0.25, -0.2) is 9.48 Å². The first kappa shape index (κ1) is 12.7. The molecule has 0 spiro atoms. The van der Waals surface area contributed by atoms with Crippen LogP contribution >= 0.6 is 0 Å². The lowest BCUT2D eigenvalue weighted by molar-refractivity contribution is -0.384. The van der Waals surface area contributed by atoms with Gasteiger partial charge in [-0.05, 0) is 19.1 Å². The molecule has 1 aromatic heterocycles. The summed E-state index contributed by atoms with van der Waals surface area (Å²) in [6.07, 6.45) is 0. The summed E-state index contributed by atoms with van der Waals surface area (Å²) in [5, 5.41) is 18.1. The van der Waals surface area contributed by atoms with Crippen LogP contribution in [0.3, 0.4) is 0 Å². The average molecular weight is 262 g/mol. The first-order chi connectivity index (χ1) is 9.04. The molecule has 98 valence electrons. The van der Waals surface area contributed by atoms with Crippen LogP contribution in [0.4, 0.5) is 5.69 Å². The van der Waals surface area contributed by atoms with Crippen LogP contribution in [0.5, 0.6) is 0 Å². The Bertz CT molecular complexity index is 633. The number of rotatable bonds is 3. The Labute approximate surface area is 107 Å². The number of ether oxygens (including phenoxy) is 1. The summed E-state index contributed by atoms with van der Waals surface area (Å²) in [5.74, 6) is -0.578. The Morgan fingerprint density at radius 2 is 2.00 bits per heavy atom. The van der Waals surface area contributed by atoms with Crippen LogP contribution in [0, 0.1) is 17.0 Å². The molecule has 0 aliphatic rings. The van der Waals surface area contributed by atoms with Crippen LogP contribution in [0.25, 0.3) is 5.69 Å². The molecule has 1 aromatic carbocycles. The van der Waals surface area contributed by atoms with Crippen molar-refractivity contribution in [3.05, 3.63) is 45.8 Å². The molecule has 0 amide bonds. The standard InChI is InChI=1S/C11H10N4O4/c1-7-10(11(16)19-2)12-13-14(7)8-3-5-9(6-4-8)15(17)18/h3-6H,1-2H3. The molecule has 2 aromatic rings. The van der Waals surface area contributed by atoms with Gasteiger partial charge in [0, 0.05) is 12.1 Å². The molecule has 0 unspecified atom stereocenters. The van der Waals surface area contributed by atoms with Crippen LogP contribution < -0.4 is 0 Å². The maximum atomic E-state index is 11.4. The van der Waals surface area contributed by atoms with Crippen molar-refractivity contribution in [1.29, 1.82) is 0 Å². The molecule has 19 heavy (non-hydrogen) atoms. The molecular weight excluding hydrogens is 252 g/mol. The lowest BCUT2D eigenvalue weighted by Crippen LogP contribution is -2.05. The van der Waals surface area contributed by atoms with Crippen LogP contribution in [-0.2, 0) is 4.74 Å². The number of hydrogen-bond acceptors (Lipinski definition) is 6. The fraction of sp³-hybridized carbons (Fsp3) is 0.182. The lowest BCUT2D eigenvalue weighted by Gasteiger charge is -2.02. The predicted molar refractivity (Wildman–Crippen MR) is 64.1 cm³/mol. The highest BCUT2D eigenvalue weighted by molar-refractivity contribution is 5.88. The monoisotopic (exact) mass is 262 g/mol. The molecule has 0 aliphatic carbocycles. The quantitative estimate of drug-likeness (QED) is 0.469. The van der Waals surface area contributed by atoms with Crippen LogP contribution in [0.15, 0.2) is 24.3 Å². The van der Waals surface area contributed by atoms with Gasteiger partial charge in [-0.3, -0.25) is 10.1 Å². The van der Waals surface area contributed by atoms with E-state index < -0.39 is 10.9 Å². The molecule has 1 heterocycles. The van der Waals surface area contributed by atoms with Crippen molar-refractivity contribution in [2.75, 3.05) is 7.11 Å². The summed E-state index contributed by atoms with van der Waals surface area (Å²) in [4.78, 5) is 21.5. The molecule has 0 N–H and O–H groups in total. The zero-order valence-electron chi connectivity index (χ0n) is 10.2. The summed E-state index contributed by atoms with van der Waals surface area (Å²) in [7, 11) is 1.26. The molecule has 0 aliphatic heterocycles. The zero-order valence-corrected chi connectivity index (χ0v) is 10.2. The fourth-order valence-electron chi connectivity index (χ4n) is 1.58. The largest absolute Gasteiger partial charge is 0.464 e. The van der Waals surface area contributed by atoms with Gasteiger partial charge in [-0.2, -0.15) is 0 Å². The Balaban J connectivity index is 2.40. The van der Waals surface area contributed by atoms with Gasteiger partial charge in [0.05, 0.1) is 23.4 Å². The van der Waals surface area contributed by atoms with E-state index in [0.29, 0.717) is 11.4 Å². The molecular formula is C11H10N4O4. The molecule has 8 nitrogen and oxygen atoms in total. The normalized spacial score (nSPS) is 10.2. The van der Waals surface area contributed by atoms with Crippen molar-refractivity contribution in [2.24, 2.45) is 0 Å². The highest BCUT2D eigenvalue weighted by atomic mass is 16.6. The van der Waals surface area contributed by atoms with E-state index >= 15 is 0 Å². The minimum atomic E-state index is -0.578. The Hall–Kier alpha value is -2.77. The van der Waals surface area contributed by atoms with Crippen molar-refractivity contribution in [2.45, 2.75) is 6.92 Å². The number of carbonyl (C=O) groups excluding carboxylic acids is 1. The molecule has 8 heteroatoms. The van der Waals surface area contributed by atoms with Gasteiger partial charge >= 0.3 is 5.97 Å².